The molecule has 0 atom stereocenters. The summed E-state index contributed by atoms with van der Waals surface area (Å²) >= 11 is 0. The first kappa shape index (κ1) is 21.3. The zero-order valence-electron chi connectivity index (χ0n) is 16.9. The third kappa shape index (κ3) is 4.40. The highest BCUT2D eigenvalue weighted by Crippen LogP contribution is 2.44. The first-order valence-electron chi connectivity index (χ1n) is 9.89. The Morgan fingerprint density at radius 2 is 1.62 bits per heavy atom. The van der Waals surface area contributed by atoms with E-state index in [2.05, 4.69) is 17.2 Å². The first-order chi connectivity index (χ1) is 15.3. The van der Waals surface area contributed by atoms with Gasteiger partial charge in [-0.25, -0.2) is 4.79 Å². The molecule has 0 fully saturated rings. The molecular formula is C25H19F3N2O2. The molecule has 7 heteroatoms. The second kappa shape index (κ2) is 8.67. The van der Waals surface area contributed by atoms with Crippen LogP contribution in [-0.4, -0.2) is 19.2 Å². The summed E-state index contributed by atoms with van der Waals surface area (Å²) in [7, 11) is 0. The molecule has 1 aliphatic rings. The lowest BCUT2D eigenvalue weighted by atomic mass is 9.98. The molecule has 0 saturated heterocycles. The Morgan fingerprint density at radius 1 is 1.00 bits per heavy atom. The number of carbonyl (C=O) groups is 1. The quantitative estimate of drug-likeness (QED) is 0.439. The molecule has 0 spiro atoms. The molecule has 0 bridgehead atoms. The molecule has 0 radical (unpaired) electrons. The van der Waals surface area contributed by atoms with E-state index >= 15 is 0 Å². The molecular weight excluding hydrogens is 417 g/mol. The predicted octanol–water partition coefficient (Wildman–Crippen LogP) is 5.18. The normalized spacial score (nSPS) is 12.3. The van der Waals surface area contributed by atoms with E-state index in [1.807, 2.05) is 48.5 Å². The Balaban J connectivity index is 1.37. The number of halogens is 3. The van der Waals surface area contributed by atoms with E-state index in [4.69, 9.17) is 10.5 Å². The molecule has 0 saturated carbocycles. The van der Waals surface area contributed by atoms with E-state index in [9.17, 15) is 18.0 Å². The van der Waals surface area contributed by atoms with Crippen molar-refractivity contribution in [2.75, 3.05) is 18.9 Å². The van der Waals surface area contributed by atoms with Crippen LogP contribution in [0, 0.1) is 11.8 Å². The number of fused-ring (bicyclic) bond motifs is 3. The van der Waals surface area contributed by atoms with Gasteiger partial charge in [0.25, 0.3) is 0 Å². The number of anilines is 1. The average molecular weight is 436 g/mol. The molecule has 3 aromatic carbocycles. The molecule has 3 aromatic rings. The van der Waals surface area contributed by atoms with E-state index in [0.29, 0.717) is 0 Å². The van der Waals surface area contributed by atoms with E-state index in [1.54, 1.807) is 0 Å². The Hall–Kier alpha value is -3.92. The van der Waals surface area contributed by atoms with Crippen LogP contribution in [0.15, 0.2) is 66.7 Å². The van der Waals surface area contributed by atoms with Crippen molar-refractivity contribution >= 4 is 11.8 Å². The lowest BCUT2D eigenvalue weighted by Crippen LogP contribution is -2.26. The van der Waals surface area contributed by atoms with E-state index in [1.165, 1.54) is 12.1 Å². The van der Waals surface area contributed by atoms with Gasteiger partial charge in [-0.2, -0.15) is 13.2 Å². The number of nitrogens with one attached hydrogen (secondary N) is 1. The number of alkyl halides is 3. The highest BCUT2D eigenvalue weighted by atomic mass is 19.4. The standard InChI is InChI=1S/C25H19F3N2O2/c26-25(27,28)23-14-17(29)12-11-16(23)6-5-13-30-24(31)32-15-22-20-9-3-1-7-18(20)19-8-2-4-10-21(19)22/h1-4,7-12,14,22H,13,15,29H2,(H,30,31). The van der Waals surface area contributed by atoms with E-state index in [-0.39, 0.29) is 30.3 Å². The zero-order chi connectivity index (χ0) is 22.7. The number of amides is 1. The fourth-order valence-corrected chi connectivity index (χ4v) is 3.81. The third-order valence-corrected chi connectivity index (χ3v) is 5.24. The number of alkyl carbamates (subject to hydrolysis) is 1. The van der Waals surface area contributed by atoms with Gasteiger partial charge in [0.05, 0.1) is 12.1 Å². The maximum atomic E-state index is 13.1. The van der Waals surface area contributed by atoms with Crippen molar-refractivity contribution in [2.45, 2.75) is 12.1 Å². The lowest BCUT2D eigenvalue weighted by molar-refractivity contribution is -0.137. The smallest absolute Gasteiger partial charge is 0.417 e. The first-order valence-corrected chi connectivity index (χ1v) is 9.89. The van der Waals surface area contributed by atoms with Crippen molar-refractivity contribution in [1.82, 2.24) is 5.32 Å². The van der Waals surface area contributed by atoms with Crippen LogP contribution in [0.25, 0.3) is 11.1 Å². The van der Waals surface area contributed by atoms with Crippen LogP contribution in [0.2, 0.25) is 0 Å². The summed E-state index contributed by atoms with van der Waals surface area (Å²) in [5.41, 5.74) is 8.73. The maximum Gasteiger partial charge on any atom is 0.417 e. The minimum atomic E-state index is -4.57. The van der Waals surface area contributed by atoms with Crippen LogP contribution >= 0.6 is 0 Å². The van der Waals surface area contributed by atoms with Crippen LogP contribution in [0.3, 0.4) is 0 Å². The molecule has 1 aliphatic carbocycles. The number of benzene rings is 3. The van der Waals surface area contributed by atoms with Gasteiger partial charge in [-0.15, -0.1) is 0 Å². The van der Waals surface area contributed by atoms with Gasteiger partial charge in [-0.05, 0) is 40.5 Å². The van der Waals surface area contributed by atoms with Crippen LogP contribution in [0.4, 0.5) is 23.7 Å². The minimum Gasteiger partial charge on any atom is -0.449 e. The van der Waals surface area contributed by atoms with Crippen molar-refractivity contribution in [2.24, 2.45) is 0 Å². The Kier molecular flexibility index (Phi) is 5.78. The fraction of sp³-hybridized carbons (Fsp3) is 0.160. The fourth-order valence-electron chi connectivity index (χ4n) is 3.81. The van der Waals surface area contributed by atoms with Crippen molar-refractivity contribution in [3.8, 4) is 23.0 Å². The van der Waals surface area contributed by atoms with Crippen LogP contribution in [0.5, 0.6) is 0 Å². The molecule has 4 nitrogen and oxygen atoms in total. The van der Waals surface area contributed by atoms with Crippen LogP contribution < -0.4 is 11.1 Å². The molecule has 162 valence electrons. The van der Waals surface area contributed by atoms with Crippen molar-refractivity contribution < 1.29 is 22.7 Å². The van der Waals surface area contributed by atoms with Gasteiger partial charge in [0, 0.05) is 17.2 Å². The Bertz CT molecular complexity index is 1180. The van der Waals surface area contributed by atoms with E-state index < -0.39 is 17.8 Å². The molecule has 0 heterocycles. The number of nitrogen functional groups attached to an aromatic ring is 1. The molecule has 32 heavy (non-hydrogen) atoms. The van der Waals surface area contributed by atoms with Crippen molar-refractivity contribution in [3.05, 3.63) is 89.0 Å². The predicted molar refractivity (Wildman–Crippen MR) is 116 cm³/mol. The van der Waals surface area contributed by atoms with Gasteiger partial charge >= 0.3 is 12.3 Å². The average Bonchev–Trinajstić information content (AvgIpc) is 3.09. The third-order valence-electron chi connectivity index (χ3n) is 5.24. The Labute approximate surface area is 183 Å². The van der Waals surface area contributed by atoms with Crippen LogP contribution in [0.1, 0.15) is 28.2 Å². The number of carbonyl (C=O) groups excluding carboxylic acids is 1. The van der Waals surface area contributed by atoms with E-state index in [0.717, 1.165) is 28.3 Å². The second-order valence-corrected chi connectivity index (χ2v) is 7.28. The number of rotatable bonds is 3. The largest absolute Gasteiger partial charge is 0.449 e. The molecule has 0 aliphatic heterocycles. The summed E-state index contributed by atoms with van der Waals surface area (Å²) in [6, 6.07) is 19.3. The van der Waals surface area contributed by atoms with Gasteiger partial charge in [-0.1, -0.05) is 60.4 Å². The maximum absolute atomic E-state index is 13.1. The highest BCUT2D eigenvalue weighted by Gasteiger charge is 2.33. The Morgan fingerprint density at radius 3 is 2.25 bits per heavy atom. The monoisotopic (exact) mass is 436 g/mol. The molecule has 0 unspecified atom stereocenters. The lowest BCUT2D eigenvalue weighted by Gasteiger charge is -2.14. The summed E-state index contributed by atoms with van der Waals surface area (Å²) < 4.78 is 44.7. The molecule has 3 N–H and O–H groups in total. The van der Waals surface area contributed by atoms with Crippen molar-refractivity contribution in [1.29, 1.82) is 0 Å². The molecule has 1 amide bonds. The van der Waals surface area contributed by atoms with Gasteiger partial charge < -0.3 is 15.8 Å². The zero-order valence-corrected chi connectivity index (χ0v) is 16.9. The summed E-state index contributed by atoms with van der Waals surface area (Å²) in [6.07, 6.45) is -5.26. The topological polar surface area (TPSA) is 64.3 Å². The summed E-state index contributed by atoms with van der Waals surface area (Å²) in [5.74, 6) is 4.87. The van der Waals surface area contributed by atoms with Gasteiger partial charge in [-0.3, -0.25) is 0 Å². The van der Waals surface area contributed by atoms with Crippen LogP contribution in [-0.2, 0) is 10.9 Å². The SMILES string of the molecule is Nc1ccc(C#CCNC(=O)OCC2c3ccccc3-c3ccccc32)c(C(F)(F)F)c1. The van der Waals surface area contributed by atoms with Gasteiger partial charge in [0.1, 0.15) is 6.61 Å². The number of nitrogens with two attached hydrogens (primary N) is 1. The van der Waals surface area contributed by atoms with Gasteiger partial charge in [0.2, 0.25) is 0 Å². The summed E-state index contributed by atoms with van der Waals surface area (Å²) in [5, 5.41) is 2.45. The number of ether oxygens (including phenoxy) is 1. The number of hydrogen-bond donors (Lipinski definition) is 2. The summed E-state index contributed by atoms with van der Waals surface area (Å²) in [4.78, 5) is 12.1. The second-order valence-electron chi connectivity index (χ2n) is 7.28. The molecule has 4 rings (SSSR count). The van der Waals surface area contributed by atoms with Crippen molar-refractivity contribution in [3.63, 3.8) is 0 Å². The summed E-state index contributed by atoms with van der Waals surface area (Å²) in [6.45, 7) is -0.0121. The minimum absolute atomic E-state index is 0.000336. The highest BCUT2D eigenvalue weighted by molar-refractivity contribution is 5.79. The number of hydrogen-bond acceptors (Lipinski definition) is 3. The molecule has 0 aromatic heterocycles. The van der Waals surface area contributed by atoms with Gasteiger partial charge in [0.15, 0.2) is 0 Å².